The maximum absolute atomic E-state index is 13.6. The number of thiophene rings is 1. The van der Waals surface area contributed by atoms with E-state index in [0.717, 1.165) is 32.1 Å². The van der Waals surface area contributed by atoms with Crippen LogP contribution in [-0.2, 0) is 9.53 Å². The highest BCUT2D eigenvalue weighted by Crippen LogP contribution is 2.30. The van der Waals surface area contributed by atoms with Crippen LogP contribution in [0.2, 0.25) is 0 Å². The van der Waals surface area contributed by atoms with Gasteiger partial charge in [-0.25, -0.2) is 4.98 Å². The number of fused-ring (bicyclic) bond motifs is 1. The Morgan fingerprint density at radius 3 is 2.77 bits per heavy atom. The average molecular weight is 458 g/mol. The van der Waals surface area contributed by atoms with Gasteiger partial charge in [0.25, 0.3) is 5.56 Å². The van der Waals surface area contributed by atoms with Crippen LogP contribution < -0.4 is 5.56 Å². The van der Waals surface area contributed by atoms with Crippen molar-refractivity contribution in [3.63, 3.8) is 0 Å². The zero-order valence-corrected chi connectivity index (χ0v) is 20.2. The second-order valence-electron chi connectivity index (χ2n) is 8.10. The highest BCUT2D eigenvalue weighted by Gasteiger charge is 2.24. The molecule has 0 bridgehead atoms. The van der Waals surface area contributed by atoms with Crippen LogP contribution in [0, 0.1) is 27.7 Å². The Hall–Kier alpha value is -2.16. The van der Waals surface area contributed by atoms with Crippen LogP contribution in [0.1, 0.15) is 28.5 Å². The molecule has 3 heterocycles. The van der Waals surface area contributed by atoms with E-state index in [9.17, 15) is 9.59 Å². The van der Waals surface area contributed by atoms with Crippen molar-refractivity contribution < 1.29 is 9.53 Å². The van der Waals surface area contributed by atoms with Gasteiger partial charge in [-0.3, -0.25) is 14.2 Å². The number of carbonyl (C=O) groups excluding carboxylic acids is 1. The first-order valence-corrected chi connectivity index (χ1v) is 12.2. The van der Waals surface area contributed by atoms with Crippen molar-refractivity contribution in [2.75, 3.05) is 25.4 Å². The van der Waals surface area contributed by atoms with Crippen LogP contribution in [0.5, 0.6) is 0 Å². The largest absolute Gasteiger partial charge is 0.375 e. The monoisotopic (exact) mass is 457 g/mol. The first kappa shape index (κ1) is 22.0. The minimum Gasteiger partial charge on any atom is -0.375 e. The lowest BCUT2D eigenvalue weighted by Gasteiger charge is -2.31. The zero-order chi connectivity index (χ0) is 22.3. The Labute approximate surface area is 190 Å². The second-order valence-corrected chi connectivity index (χ2v) is 10.2. The van der Waals surface area contributed by atoms with Gasteiger partial charge in [0.2, 0.25) is 5.91 Å². The number of aryl methyl sites for hydroxylation is 4. The molecule has 0 radical (unpaired) electrons. The Morgan fingerprint density at radius 2 is 2.06 bits per heavy atom. The van der Waals surface area contributed by atoms with Crippen LogP contribution in [0.25, 0.3) is 15.9 Å². The first-order chi connectivity index (χ1) is 14.8. The van der Waals surface area contributed by atoms with Gasteiger partial charge in [-0.1, -0.05) is 29.5 Å². The van der Waals surface area contributed by atoms with Crippen molar-refractivity contribution >= 4 is 39.2 Å². The molecule has 1 saturated heterocycles. The zero-order valence-electron chi connectivity index (χ0n) is 18.5. The number of benzene rings is 1. The summed E-state index contributed by atoms with van der Waals surface area (Å²) in [6, 6.07) is 6.02. The predicted molar refractivity (Wildman–Crippen MR) is 127 cm³/mol. The molecule has 4 rings (SSSR count). The van der Waals surface area contributed by atoms with E-state index in [1.54, 1.807) is 4.57 Å². The topological polar surface area (TPSA) is 64.4 Å². The summed E-state index contributed by atoms with van der Waals surface area (Å²) >= 11 is 2.86. The third-order valence-corrected chi connectivity index (χ3v) is 7.71. The summed E-state index contributed by atoms with van der Waals surface area (Å²) < 4.78 is 7.22. The molecule has 8 heteroatoms. The lowest BCUT2D eigenvalue weighted by atomic mass is 10.1. The van der Waals surface area contributed by atoms with Crippen molar-refractivity contribution in [1.82, 2.24) is 14.5 Å². The molecule has 31 heavy (non-hydrogen) atoms. The SMILES string of the molecule is Cc1ccc(-n2c(SCC(=O)N3CCO[C@H](C)C3)nc3sc(C)c(C)c3c2=O)c(C)c1. The Kier molecular flexibility index (Phi) is 6.23. The molecule has 1 atom stereocenters. The third kappa shape index (κ3) is 4.29. The lowest BCUT2D eigenvalue weighted by Crippen LogP contribution is -2.45. The van der Waals surface area contributed by atoms with Crippen LogP contribution in [0.15, 0.2) is 28.2 Å². The maximum atomic E-state index is 13.6. The molecule has 0 aliphatic carbocycles. The van der Waals surface area contributed by atoms with Gasteiger partial charge in [-0.05, 0) is 51.8 Å². The number of carbonyl (C=O) groups is 1. The summed E-state index contributed by atoms with van der Waals surface area (Å²) in [5, 5.41) is 1.22. The van der Waals surface area contributed by atoms with Gasteiger partial charge >= 0.3 is 0 Å². The molecule has 2 aromatic heterocycles. The number of hydrogen-bond donors (Lipinski definition) is 0. The summed E-state index contributed by atoms with van der Waals surface area (Å²) in [7, 11) is 0. The fourth-order valence-electron chi connectivity index (χ4n) is 3.90. The number of rotatable bonds is 4. The first-order valence-electron chi connectivity index (χ1n) is 10.4. The van der Waals surface area contributed by atoms with E-state index in [1.165, 1.54) is 23.1 Å². The number of thioether (sulfide) groups is 1. The van der Waals surface area contributed by atoms with Crippen molar-refractivity contribution in [2.45, 2.75) is 45.9 Å². The quantitative estimate of drug-likeness (QED) is 0.437. The van der Waals surface area contributed by atoms with Crippen molar-refractivity contribution in [2.24, 2.45) is 0 Å². The maximum Gasteiger partial charge on any atom is 0.267 e. The average Bonchev–Trinajstić information content (AvgIpc) is 3.01. The number of aromatic nitrogens is 2. The van der Waals surface area contributed by atoms with Gasteiger partial charge in [0.1, 0.15) is 4.83 Å². The van der Waals surface area contributed by atoms with E-state index in [2.05, 4.69) is 6.07 Å². The number of morpholine rings is 1. The molecule has 1 amide bonds. The fourth-order valence-corrected chi connectivity index (χ4v) is 5.88. The molecule has 164 valence electrons. The molecular weight excluding hydrogens is 430 g/mol. The van der Waals surface area contributed by atoms with E-state index in [1.807, 2.05) is 51.7 Å². The Morgan fingerprint density at radius 1 is 1.29 bits per heavy atom. The number of hydrogen-bond acceptors (Lipinski definition) is 6. The minimum absolute atomic E-state index is 0.0419. The number of ether oxygens (including phenoxy) is 1. The normalized spacial score (nSPS) is 16.8. The smallest absolute Gasteiger partial charge is 0.267 e. The fraction of sp³-hybridized carbons (Fsp3) is 0.435. The summed E-state index contributed by atoms with van der Waals surface area (Å²) in [5.41, 5.74) is 3.85. The Balaban J connectivity index is 1.76. The number of amides is 1. The van der Waals surface area contributed by atoms with Crippen molar-refractivity contribution in [1.29, 1.82) is 0 Å². The summed E-state index contributed by atoms with van der Waals surface area (Å²) in [6.07, 6.45) is 0.0441. The predicted octanol–water partition coefficient (Wildman–Crippen LogP) is 4.02. The second kappa shape index (κ2) is 8.76. The molecule has 3 aromatic rings. The van der Waals surface area contributed by atoms with Gasteiger partial charge in [-0.15, -0.1) is 11.3 Å². The van der Waals surface area contributed by atoms with Gasteiger partial charge in [0.05, 0.1) is 29.5 Å². The van der Waals surface area contributed by atoms with E-state index in [4.69, 9.17) is 9.72 Å². The third-order valence-electron chi connectivity index (χ3n) is 5.68. The highest BCUT2D eigenvalue weighted by atomic mass is 32.2. The van der Waals surface area contributed by atoms with Gasteiger partial charge in [0.15, 0.2) is 5.16 Å². The highest BCUT2D eigenvalue weighted by molar-refractivity contribution is 7.99. The molecule has 0 spiro atoms. The summed E-state index contributed by atoms with van der Waals surface area (Å²) in [6.45, 7) is 11.7. The van der Waals surface area contributed by atoms with E-state index < -0.39 is 0 Å². The molecule has 1 fully saturated rings. The van der Waals surface area contributed by atoms with Gasteiger partial charge < -0.3 is 9.64 Å². The standard InChI is InChI=1S/C23H27N3O3S2/c1-13-6-7-18(14(2)10-13)26-22(28)20-16(4)17(5)31-21(20)24-23(26)30-12-19(27)25-8-9-29-15(3)11-25/h6-7,10,15H,8-9,11-12H2,1-5H3/t15-/m1/s1. The van der Waals surface area contributed by atoms with E-state index in [0.29, 0.717) is 30.2 Å². The molecule has 1 aliphatic rings. The van der Waals surface area contributed by atoms with Crippen LogP contribution >= 0.6 is 23.1 Å². The minimum atomic E-state index is -0.0752. The molecule has 1 aromatic carbocycles. The van der Waals surface area contributed by atoms with Crippen LogP contribution in [0.4, 0.5) is 0 Å². The molecule has 0 saturated carbocycles. The lowest BCUT2D eigenvalue weighted by molar-refractivity contribution is -0.135. The van der Waals surface area contributed by atoms with Crippen molar-refractivity contribution in [3.8, 4) is 5.69 Å². The van der Waals surface area contributed by atoms with Gasteiger partial charge in [-0.2, -0.15) is 0 Å². The Bertz CT molecular complexity index is 1210. The van der Waals surface area contributed by atoms with Crippen molar-refractivity contribution in [3.05, 3.63) is 50.1 Å². The molecule has 0 unspecified atom stereocenters. The molecule has 6 nitrogen and oxygen atoms in total. The molecular formula is C23H27N3O3S2. The van der Waals surface area contributed by atoms with E-state index in [-0.39, 0.29) is 23.3 Å². The van der Waals surface area contributed by atoms with Crippen LogP contribution in [0.3, 0.4) is 0 Å². The van der Waals surface area contributed by atoms with E-state index >= 15 is 0 Å². The number of nitrogens with zero attached hydrogens (tertiary/aromatic N) is 3. The van der Waals surface area contributed by atoms with Crippen LogP contribution in [-0.4, -0.2) is 51.9 Å². The summed E-state index contributed by atoms with van der Waals surface area (Å²) in [4.78, 5) is 34.9. The summed E-state index contributed by atoms with van der Waals surface area (Å²) in [5.74, 6) is 0.277. The molecule has 1 aliphatic heterocycles. The van der Waals surface area contributed by atoms with Gasteiger partial charge in [0, 0.05) is 18.0 Å². The molecule has 0 N–H and O–H groups in total.